The fraction of sp³-hybridized carbons (Fsp3) is 0.714. The van der Waals surface area contributed by atoms with Gasteiger partial charge in [0.05, 0.1) is 0 Å². The van der Waals surface area contributed by atoms with E-state index in [9.17, 15) is 0 Å². The number of likely N-dealkylation sites (N-methyl/N-ethyl adjacent to an activating group) is 2. The molecule has 2 nitrogen and oxygen atoms in total. The Kier molecular flexibility index (Phi) is 5.63. The van der Waals surface area contributed by atoms with E-state index in [1.165, 1.54) is 5.56 Å². The summed E-state index contributed by atoms with van der Waals surface area (Å²) in [5.41, 5.74) is 1.65. The minimum absolute atomic E-state index is 0.206. The van der Waals surface area contributed by atoms with Gasteiger partial charge in [-0.05, 0) is 62.8 Å². The largest absolute Gasteiger partial charge is 0.312 e. The molecule has 1 aromatic heterocycles. The van der Waals surface area contributed by atoms with Crippen molar-refractivity contribution in [3.63, 3.8) is 0 Å². The van der Waals surface area contributed by atoms with Crippen LogP contribution in [0.3, 0.4) is 0 Å². The molecule has 0 radical (unpaired) electrons. The highest BCUT2D eigenvalue weighted by Crippen LogP contribution is 2.24. The summed E-state index contributed by atoms with van der Waals surface area (Å²) in [6, 6.07) is 2.74. The van der Waals surface area contributed by atoms with Gasteiger partial charge in [0.25, 0.3) is 0 Å². The Morgan fingerprint density at radius 2 is 2.12 bits per heavy atom. The van der Waals surface area contributed by atoms with Crippen molar-refractivity contribution in [2.24, 2.45) is 0 Å². The Morgan fingerprint density at radius 1 is 1.41 bits per heavy atom. The van der Waals surface area contributed by atoms with Crippen LogP contribution in [0.15, 0.2) is 16.8 Å². The predicted octanol–water partition coefficient (Wildman–Crippen LogP) is 3.00. The van der Waals surface area contributed by atoms with Crippen molar-refractivity contribution < 1.29 is 0 Å². The molecule has 1 heterocycles. The minimum atomic E-state index is 0.206. The monoisotopic (exact) mass is 254 g/mol. The van der Waals surface area contributed by atoms with Crippen molar-refractivity contribution in [2.45, 2.75) is 45.2 Å². The van der Waals surface area contributed by atoms with Crippen LogP contribution >= 0.6 is 11.3 Å². The second-order valence-electron chi connectivity index (χ2n) is 5.05. The number of nitrogens with zero attached hydrogens (tertiary/aromatic N) is 1. The second kappa shape index (κ2) is 6.53. The quantitative estimate of drug-likeness (QED) is 0.805. The number of thiophene rings is 1. The smallest absolute Gasteiger partial charge is 0.0328 e. The van der Waals surface area contributed by atoms with Crippen LogP contribution in [-0.4, -0.2) is 37.1 Å². The summed E-state index contributed by atoms with van der Waals surface area (Å²) in [5, 5.41) is 8.08. The Balaban J connectivity index is 2.83. The molecular formula is C14H26N2S. The highest BCUT2D eigenvalue weighted by molar-refractivity contribution is 7.07. The van der Waals surface area contributed by atoms with Crippen LogP contribution in [0.1, 0.15) is 32.8 Å². The van der Waals surface area contributed by atoms with E-state index in [1.807, 2.05) is 0 Å². The molecule has 98 valence electrons. The van der Waals surface area contributed by atoms with E-state index in [-0.39, 0.29) is 5.54 Å². The molecule has 0 amide bonds. The first-order valence-electron chi connectivity index (χ1n) is 6.46. The van der Waals surface area contributed by atoms with Crippen LogP contribution in [0, 0.1) is 0 Å². The zero-order valence-corrected chi connectivity index (χ0v) is 12.6. The molecule has 1 rings (SSSR count). The van der Waals surface area contributed by atoms with Gasteiger partial charge in [0.15, 0.2) is 0 Å². The van der Waals surface area contributed by atoms with Crippen LogP contribution < -0.4 is 5.32 Å². The number of hydrogen-bond donors (Lipinski definition) is 1. The molecule has 0 aliphatic carbocycles. The fourth-order valence-electron chi connectivity index (χ4n) is 2.28. The van der Waals surface area contributed by atoms with Gasteiger partial charge >= 0.3 is 0 Å². The third-order valence-electron chi connectivity index (χ3n) is 3.96. The molecule has 17 heavy (non-hydrogen) atoms. The topological polar surface area (TPSA) is 15.3 Å². The summed E-state index contributed by atoms with van der Waals surface area (Å²) < 4.78 is 0. The average molecular weight is 254 g/mol. The van der Waals surface area contributed by atoms with E-state index in [0.29, 0.717) is 6.04 Å². The molecule has 0 fully saturated rings. The van der Waals surface area contributed by atoms with Gasteiger partial charge in [0.2, 0.25) is 0 Å². The van der Waals surface area contributed by atoms with E-state index in [4.69, 9.17) is 0 Å². The fourth-order valence-corrected chi connectivity index (χ4v) is 2.96. The summed E-state index contributed by atoms with van der Waals surface area (Å²) in [7, 11) is 4.36. The van der Waals surface area contributed by atoms with Gasteiger partial charge in [-0.25, -0.2) is 0 Å². The molecular weight excluding hydrogens is 228 g/mol. The SMILES string of the molecule is CCNC(Cc1ccsc1)C(C)(CC)N(C)C. The van der Waals surface area contributed by atoms with Crippen molar-refractivity contribution in [1.29, 1.82) is 0 Å². The van der Waals surface area contributed by atoms with E-state index in [1.54, 1.807) is 11.3 Å². The standard InChI is InChI=1S/C14H26N2S/c1-6-14(3,16(4)5)13(15-7-2)10-12-8-9-17-11-12/h8-9,11,13,15H,6-7,10H2,1-5H3. The van der Waals surface area contributed by atoms with Gasteiger partial charge in [-0.3, -0.25) is 0 Å². The summed E-state index contributed by atoms with van der Waals surface area (Å²) in [6.45, 7) is 7.84. The first-order valence-corrected chi connectivity index (χ1v) is 7.40. The van der Waals surface area contributed by atoms with E-state index in [0.717, 1.165) is 19.4 Å². The first kappa shape index (κ1) is 14.7. The van der Waals surface area contributed by atoms with Gasteiger partial charge in [0.1, 0.15) is 0 Å². The molecule has 0 aliphatic heterocycles. The molecule has 0 saturated heterocycles. The molecule has 0 spiro atoms. The summed E-state index contributed by atoms with van der Waals surface area (Å²) in [4.78, 5) is 2.35. The van der Waals surface area contributed by atoms with Crippen molar-refractivity contribution in [3.8, 4) is 0 Å². The van der Waals surface area contributed by atoms with Gasteiger partial charge in [-0.2, -0.15) is 11.3 Å². The van der Waals surface area contributed by atoms with Gasteiger partial charge in [-0.1, -0.05) is 13.8 Å². The predicted molar refractivity (Wildman–Crippen MR) is 77.9 cm³/mol. The molecule has 0 bridgehead atoms. The molecule has 1 aromatic rings. The highest BCUT2D eigenvalue weighted by atomic mass is 32.1. The van der Waals surface area contributed by atoms with Crippen LogP contribution in [0.25, 0.3) is 0 Å². The Bertz CT molecular complexity index is 308. The van der Waals surface area contributed by atoms with Gasteiger partial charge < -0.3 is 10.2 Å². The summed E-state index contributed by atoms with van der Waals surface area (Å²) in [6.07, 6.45) is 2.27. The van der Waals surface area contributed by atoms with Crippen LogP contribution in [0.2, 0.25) is 0 Å². The van der Waals surface area contributed by atoms with Gasteiger partial charge in [0, 0.05) is 11.6 Å². The molecule has 1 N–H and O–H groups in total. The normalized spacial score (nSPS) is 17.1. The molecule has 0 saturated carbocycles. The van der Waals surface area contributed by atoms with Crippen molar-refractivity contribution in [2.75, 3.05) is 20.6 Å². The Hall–Kier alpha value is -0.380. The Labute approximate surface area is 110 Å². The lowest BCUT2D eigenvalue weighted by Crippen LogP contribution is -2.57. The minimum Gasteiger partial charge on any atom is -0.312 e. The lowest BCUT2D eigenvalue weighted by molar-refractivity contribution is 0.113. The average Bonchev–Trinajstić information content (AvgIpc) is 2.80. The number of hydrogen-bond acceptors (Lipinski definition) is 3. The van der Waals surface area contributed by atoms with E-state index >= 15 is 0 Å². The second-order valence-corrected chi connectivity index (χ2v) is 5.83. The van der Waals surface area contributed by atoms with Crippen LogP contribution in [0.5, 0.6) is 0 Å². The van der Waals surface area contributed by atoms with Gasteiger partial charge in [-0.15, -0.1) is 0 Å². The molecule has 0 aromatic carbocycles. The van der Waals surface area contributed by atoms with Crippen LogP contribution in [-0.2, 0) is 6.42 Å². The maximum atomic E-state index is 3.66. The number of rotatable bonds is 7. The lowest BCUT2D eigenvalue weighted by atomic mass is 9.84. The van der Waals surface area contributed by atoms with Crippen molar-refractivity contribution in [3.05, 3.63) is 22.4 Å². The van der Waals surface area contributed by atoms with Crippen LogP contribution in [0.4, 0.5) is 0 Å². The maximum absolute atomic E-state index is 3.66. The highest BCUT2D eigenvalue weighted by Gasteiger charge is 2.34. The van der Waals surface area contributed by atoms with E-state index in [2.05, 4.69) is 61.9 Å². The molecule has 3 heteroatoms. The molecule has 2 unspecified atom stereocenters. The van der Waals surface area contributed by atoms with E-state index < -0.39 is 0 Å². The first-order chi connectivity index (χ1) is 8.04. The number of nitrogens with one attached hydrogen (secondary N) is 1. The molecule has 2 atom stereocenters. The third kappa shape index (κ3) is 3.54. The van der Waals surface area contributed by atoms with Crippen molar-refractivity contribution in [1.82, 2.24) is 10.2 Å². The lowest BCUT2D eigenvalue weighted by Gasteiger charge is -2.43. The zero-order valence-electron chi connectivity index (χ0n) is 11.8. The summed E-state index contributed by atoms with van der Waals surface area (Å²) >= 11 is 1.78. The van der Waals surface area contributed by atoms with Crippen molar-refractivity contribution >= 4 is 11.3 Å². The molecule has 0 aliphatic rings. The maximum Gasteiger partial charge on any atom is 0.0328 e. The third-order valence-corrected chi connectivity index (χ3v) is 4.69. The Morgan fingerprint density at radius 3 is 2.53 bits per heavy atom. The summed E-state index contributed by atoms with van der Waals surface area (Å²) in [5.74, 6) is 0. The zero-order chi connectivity index (χ0) is 12.9.